The fraction of sp³-hybridized carbons (Fsp3) is 0.174. The molecule has 1 atom stereocenters. The van der Waals surface area contributed by atoms with Crippen LogP contribution in [0.1, 0.15) is 38.9 Å². The topological polar surface area (TPSA) is 62.3 Å². The molecule has 1 aliphatic heterocycles. The van der Waals surface area contributed by atoms with Crippen LogP contribution >= 0.6 is 0 Å². The van der Waals surface area contributed by atoms with Gasteiger partial charge < -0.3 is 10.2 Å². The molecule has 0 bridgehead atoms. The monoisotopic (exact) mass is 371 g/mol. The van der Waals surface area contributed by atoms with E-state index in [1.54, 1.807) is 30.5 Å². The summed E-state index contributed by atoms with van der Waals surface area (Å²) in [5.41, 5.74) is 3.87. The van der Waals surface area contributed by atoms with Gasteiger partial charge in [-0.15, -0.1) is 0 Å². The highest BCUT2D eigenvalue weighted by atomic mass is 16.2. The minimum absolute atomic E-state index is 0.0863. The molecular formula is C23H21N3O2. The highest BCUT2D eigenvalue weighted by Crippen LogP contribution is 2.33. The van der Waals surface area contributed by atoms with Crippen LogP contribution in [-0.2, 0) is 13.0 Å². The van der Waals surface area contributed by atoms with Crippen LogP contribution < -0.4 is 10.2 Å². The van der Waals surface area contributed by atoms with E-state index in [1.165, 1.54) is 5.56 Å². The summed E-state index contributed by atoms with van der Waals surface area (Å²) >= 11 is 0. The Bertz CT molecular complexity index is 1020. The van der Waals surface area contributed by atoms with Crippen molar-refractivity contribution in [2.45, 2.75) is 25.9 Å². The Hall–Kier alpha value is -3.47. The van der Waals surface area contributed by atoms with E-state index < -0.39 is 0 Å². The average Bonchev–Trinajstić information content (AvgIpc) is 3.08. The van der Waals surface area contributed by atoms with Crippen molar-refractivity contribution in [2.75, 3.05) is 4.90 Å². The number of fused-ring (bicyclic) bond motifs is 1. The van der Waals surface area contributed by atoms with E-state index in [2.05, 4.69) is 16.4 Å². The quantitative estimate of drug-likeness (QED) is 0.762. The van der Waals surface area contributed by atoms with Crippen LogP contribution in [0.5, 0.6) is 0 Å². The van der Waals surface area contributed by atoms with Crippen molar-refractivity contribution < 1.29 is 9.59 Å². The molecule has 5 heteroatoms. The summed E-state index contributed by atoms with van der Waals surface area (Å²) < 4.78 is 0. The number of carbonyl (C=O) groups excluding carboxylic acids is 2. The zero-order chi connectivity index (χ0) is 19.5. The SMILES string of the molecule is CC1Cc2ccccc2N1C(=O)c1cccc(C(=O)NCc2ccccn2)c1. The normalized spacial score (nSPS) is 15.2. The summed E-state index contributed by atoms with van der Waals surface area (Å²) in [5.74, 6) is -0.313. The number of amides is 2. The van der Waals surface area contributed by atoms with Gasteiger partial charge >= 0.3 is 0 Å². The van der Waals surface area contributed by atoms with Gasteiger partial charge in [0.1, 0.15) is 0 Å². The molecule has 0 aliphatic carbocycles. The Morgan fingerprint density at radius 1 is 1.04 bits per heavy atom. The fourth-order valence-corrected chi connectivity index (χ4v) is 3.58. The number of benzene rings is 2. The third-order valence-electron chi connectivity index (χ3n) is 4.95. The lowest BCUT2D eigenvalue weighted by Crippen LogP contribution is -2.35. The number of hydrogen-bond donors (Lipinski definition) is 1. The summed E-state index contributed by atoms with van der Waals surface area (Å²) in [6.45, 7) is 2.38. The Morgan fingerprint density at radius 3 is 2.64 bits per heavy atom. The Morgan fingerprint density at radius 2 is 1.82 bits per heavy atom. The summed E-state index contributed by atoms with van der Waals surface area (Å²) in [4.78, 5) is 31.7. The predicted octanol–water partition coefficient (Wildman–Crippen LogP) is 3.60. The van der Waals surface area contributed by atoms with Gasteiger partial charge in [-0.3, -0.25) is 14.6 Å². The second-order valence-electron chi connectivity index (χ2n) is 6.94. The first-order valence-electron chi connectivity index (χ1n) is 9.33. The molecular weight excluding hydrogens is 350 g/mol. The summed E-state index contributed by atoms with van der Waals surface area (Å²) in [5, 5.41) is 2.85. The molecule has 2 amide bonds. The molecule has 0 radical (unpaired) electrons. The van der Waals surface area contributed by atoms with E-state index in [0.717, 1.165) is 17.8 Å². The number of nitrogens with zero attached hydrogens (tertiary/aromatic N) is 2. The van der Waals surface area contributed by atoms with Gasteiger partial charge in [0.15, 0.2) is 0 Å². The summed E-state index contributed by atoms with van der Waals surface area (Å²) in [7, 11) is 0. The minimum Gasteiger partial charge on any atom is -0.346 e. The first kappa shape index (κ1) is 17.9. The first-order chi connectivity index (χ1) is 13.6. The van der Waals surface area contributed by atoms with E-state index >= 15 is 0 Å². The number of nitrogens with one attached hydrogen (secondary N) is 1. The number of rotatable bonds is 4. The molecule has 2 heterocycles. The van der Waals surface area contributed by atoms with E-state index in [-0.39, 0.29) is 17.9 Å². The molecule has 3 aromatic rings. The third-order valence-corrected chi connectivity index (χ3v) is 4.95. The van der Waals surface area contributed by atoms with Gasteiger partial charge in [-0.05, 0) is 55.3 Å². The van der Waals surface area contributed by atoms with Crippen molar-refractivity contribution in [2.24, 2.45) is 0 Å². The molecule has 140 valence electrons. The molecule has 5 nitrogen and oxygen atoms in total. The predicted molar refractivity (Wildman–Crippen MR) is 108 cm³/mol. The number of anilines is 1. The fourth-order valence-electron chi connectivity index (χ4n) is 3.58. The first-order valence-corrected chi connectivity index (χ1v) is 9.33. The average molecular weight is 371 g/mol. The molecule has 0 saturated carbocycles. The second kappa shape index (κ2) is 7.64. The van der Waals surface area contributed by atoms with Crippen LogP contribution in [0.25, 0.3) is 0 Å². The maximum Gasteiger partial charge on any atom is 0.258 e. The van der Waals surface area contributed by atoms with Gasteiger partial charge in [0.25, 0.3) is 11.8 Å². The number of aromatic nitrogens is 1. The number of para-hydroxylation sites is 1. The van der Waals surface area contributed by atoms with Crippen molar-refractivity contribution in [1.82, 2.24) is 10.3 Å². The lowest BCUT2D eigenvalue weighted by atomic mass is 10.1. The van der Waals surface area contributed by atoms with Gasteiger partial charge in [0.2, 0.25) is 0 Å². The van der Waals surface area contributed by atoms with E-state index in [4.69, 9.17) is 0 Å². The number of carbonyl (C=O) groups is 2. The van der Waals surface area contributed by atoms with Crippen LogP contribution in [0.15, 0.2) is 72.9 Å². The molecule has 0 spiro atoms. The second-order valence-corrected chi connectivity index (χ2v) is 6.94. The van der Waals surface area contributed by atoms with Crippen molar-refractivity contribution in [1.29, 1.82) is 0 Å². The number of hydrogen-bond acceptors (Lipinski definition) is 3. The molecule has 1 aliphatic rings. The van der Waals surface area contributed by atoms with Crippen LogP contribution in [-0.4, -0.2) is 22.8 Å². The zero-order valence-corrected chi connectivity index (χ0v) is 15.6. The molecule has 1 unspecified atom stereocenters. The molecule has 2 aromatic carbocycles. The smallest absolute Gasteiger partial charge is 0.258 e. The minimum atomic E-state index is -0.227. The molecule has 1 N–H and O–H groups in total. The van der Waals surface area contributed by atoms with E-state index in [0.29, 0.717) is 17.7 Å². The zero-order valence-electron chi connectivity index (χ0n) is 15.6. The summed E-state index contributed by atoms with van der Waals surface area (Å²) in [6.07, 6.45) is 2.53. The van der Waals surface area contributed by atoms with Gasteiger partial charge in [-0.1, -0.05) is 30.3 Å². The Kier molecular flexibility index (Phi) is 4.89. The van der Waals surface area contributed by atoms with Crippen LogP contribution in [0, 0.1) is 0 Å². The van der Waals surface area contributed by atoms with Gasteiger partial charge in [-0.2, -0.15) is 0 Å². The molecule has 4 rings (SSSR count). The molecule has 1 aromatic heterocycles. The Labute approximate surface area is 164 Å². The largest absolute Gasteiger partial charge is 0.346 e. The van der Waals surface area contributed by atoms with Crippen molar-refractivity contribution in [3.8, 4) is 0 Å². The molecule has 0 fully saturated rings. The number of pyridine rings is 1. The summed E-state index contributed by atoms with van der Waals surface area (Å²) in [6, 6.07) is 20.5. The maximum absolute atomic E-state index is 13.2. The van der Waals surface area contributed by atoms with E-state index in [1.807, 2.05) is 48.2 Å². The van der Waals surface area contributed by atoms with Crippen LogP contribution in [0.2, 0.25) is 0 Å². The van der Waals surface area contributed by atoms with Crippen LogP contribution in [0.4, 0.5) is 5.69 Å². The highest BCUT2D eigenvalue weighted by molar-refractivity contribution is 6.09. The molecule has 28 heavy (non-hydrogen) atoms. The van der Waals surface area contributed by atoms with E-state index in [9.17, 15) is 9.59 Å². The van der Waals surface area contributed by atoms with Crippen LogP contribution in [0.3, 0.4) is 0 Å². The van der Waals surface area contributed by atoms with Gasteiger partial charge in [0.05, 0.1) is 12.2 Å². The highest BCUT2D eigenvalue weighted by Gasteiger charge is 2.31. The third kappa shape index (κ3) is 3.51. The maximum atomic E-state index is 13.2. The van der Waals surface area contributed by atoms with Gasteiger partial charge in [0, 0.05) is 29.1 Å². The van der Waals surface area contributed by atoms with Crippen molar-refractivity contribution in [3.05, 3.63) is 95.3 Å². The van der Waals surface area contributed by atoms with Crippen molar-refractivity contribution >= 4 is 17.5 Å². The standard InChI is InChI=1S/C23H21N3O2/c1-16-13-17-7-2-3-11-21(17)26(16)23(28)19-9-6-8-18(14-19)22(27)25-15-20-10-4-5-12-24-20/h2-12,14,16H,13,15H2,1H3,(H,25,27). The lowest BCUT2D eigenvalue weighted by molar-refractivity contribution is 0.0950. The van der Waals surface area contributed by atoms with Gasteiger partial charge in [-0.25, -0.2) is 0 Å². The van der Waals surface area contributed by atoms with Crippen molar-refractivity contribution in [3.63, 3.8) is 0 Å². The lowest BCUT2D eigenvalue weighted by Gasteiger charge is -2.23. The Balaban J connectivity index is 1.52. The molecule has 0 saturated heterocycles.